The summed E-state index contributed by atoms with van der Waals surface area (Å²) >= 11 is 0. The summed E-state index contributed by atoms with van der Waals surface area (Å²) in [5.41, 5.74) is 3.64. The summed E-state index contributed by atoms with van der Waals surface area (Å²) in [5.74, 6) is 0. The molecule has 0 aliphatic heterocycles. The lowest BCUT2D eigenvalue weighted by Gasteiger charge is -2.06. The summed E-state index contributed by atoms with van der Waals surface area (Å²) in [4.78, 5) is 3.39. The Labute approximate surface area is 96.2 Å². The smallest absolute Gasteiger partial charge is 0.0628 e. The monoisotopic (exact) mass is 217 g/mol. The van der Waals surface area contributed by atoms with E-state index < -0.39 is 0 Å². The first-order valence-corrected chi connectivity index (χ1v) is 5.85. The van der Waals surface area contributed by atoms with Crippen LogP contribution in [-0.2, 0) is 0 Å². The van der Waals surface area contributed by atoms with Gasteiger partial charge in [-0.1, -0.05) is 25.1 Å². The maximum Gasteiger partial charge on any atom is 0.0628 e. The molecule has 0 saturated heterocycles. The molecule has 1 aromatic heterocycles. The zero-order valence-electron chi connectivity index (χ0n) is 9.93. The van der Waals surface area contributed by atoms with Gasteiger partial charge in [0.05, 0.1) is 5.69 Å². The van der Waals surface area contributed by atoms with Crippen LogP contribution in [-0.4, -0.2) is 24.6 Å². The van der Waals surface area contributed by atoms with Gasteiger partial charge in [0.15, 0.2) is 0 Å². The van der Waals surface area contributed by atoms with E-state index in [1.165, 1.54) is 22.3 Å². The third-order valence-corrected chi connectivity index (χ3v) is 2.75. The van der Waals surface area contributed by atoms with Crippen LogP contribution < -0.4 is 10.6 Å². The number of fused-ring (bicyclic) bond motifs is 1. The van der Waals surface area contributed by atoms with Crippen LogP contribution >= 0.6 is 0 Å². The first-order chi connectivity index (χ1) is 7.83. The van der Waals surface area contributed by atoms with Gasteiger partial charge in [-0.15, -0.1) is 0 Å². The third-order valence-electron chi connectivity index (χ3n) is 2.75. The zero-order valence-corrected chi connectivity index (χ0v) is 9.93. The fourth-order valence-electron chi connectivity index (χ4n) is 1.96. The number of aryl methyl sites for hydroxylation is 1. The van der Waals surface area contributed by atoms with Crippen LogP contribution in [0.4, 0.5) is 5.69 Å². The van der Waals surface area contributed by atoms with E-state index in [0.29, 0.717) is 0 Å². The Hall–Kier alpha value is -1.48. The Bertz CT molecular complexity index is 459. The molecule has 0 bridgehead atoms. The van der Waals surface area contributed by atoms with Gasteiger partial charge in [-0.2, -0.15) is 0 Å². The Balaban J connectivity index is 2.13. The van der Waals surface area contributed by atoms with Crippen molar-refractivity contribution >= 4 is 16.6 Å². The lowest BCUT2D eigenvalue weighted by atomic mass is 10.2. The van der Waals surface area contributed by atoms with Crippen LogP contribution in [0.25, 0.3) is 10.9 Å². The molecule has 0 fully saturated rings. The normalized spacial score (nSPS) is 10.9. The molecule has 0 unspecified atom stereocenters. The molecule has 3 nitrogen and oxygen atoms in total. The number of H-pyrrole nitrogens is 1. The SMILES string of the molecule is CCNCCNc1c(C)[nH]c2ccccc12. The highest BCUT2D eigenvalue weighted by molar-refractivity contribution is 5.94. The minimum atomic E-state index is 0.955. The van der Waals surface area contributed by atoms with E-state index in [1.807, 2.05) is 0 Å². The molecule has 0 amide bonds. The molecule has 3 N–H and O–H groups in total. The van der Waals surface area contributed by atoms with Gasteiger partial charge in [-0.25, -0.2) is 0 Å². The van der Waals surface area contributed by atoms with E-state index >= 15 is 0 Å². The average molecular weight is 217 g/mol. The Morgan fingerprint density at radius 1 is 1.19 bits per heavy atom. The molecule has 2 aromatic rings. The molecule has 0 aliphatic rings. The Kier molecular flexibility index (Phi) is 3.47. The average Bonchev–Trinajstić information content (AvgIpc) is 2.61. The van der Waals surface area contributed by atoms with Crippen LogP contribution in [0, 0.1) is 6.92 Å². The molecule has 0 aliphatic carbocycles. The van der Waals surface area contributed by atoms with Crippen LogP contribution in [0.15, 0.2) is 24.3 Å². The van der Waals surface area contributed by atoms with Crippen LogP contribution in [0.3, 0.4) is 0 Å². The molecule has 86 valence electrons. The summed E-state index contributed by atoms with van der Waals surface area (Å²) in [6.07, 6.45) is 0. The van der Waals surface area contributed by atoms with Crippen LogP contribution in [0.5, 0.6) is 0 Å². The van der Waals surface area contributed by atoms with E-state index in [2.05, 4.69) is 53.7 Å². The molecule has 2 rings (SSSR count). The van der Waals surface area contributed by atoms with Gasteiger partial charge in [-0.05, 0) is 19.5 Å². The second kappa shape index (κ2) is 5.03. The number of hydrogen-bond donors (Lipinski definition) is 3. The zero-order chi connectivity index (χ0) is 11.4. The predicted octanol–water partition coefficient (Wildman–Crippen LogP) is 2.50. The minimum absolute atomic E-state index is 0.955. The number of likely N-dealkylation sites (N-methyl/N-ethyl adjacent to an activating group) is 1. The fourth-order valence-corrected chi connectivity index (χ4v) is 1.96. The molecular weight excluding hydrogens is 198 g/mol. The van der Waals surface area contributed by atoms with Gasteiger partial charge in [0.1, 0.15) is 0 Å². The van der Waals surface area contributed by atoms with Gasteiger partial charge in [0.25, 0.3) is 0 Å². The maximum absolute atomic E-state index is 3.48. The number of anilines is 1. The van der Waals surface area contributed by atoms with E-state index in [-0.39, 0.29) is 0 Å². The Morgan fingerprint density at radius 3 is 2.81 bits per heavy atom. The van der Waals surface area contributed by atoms with E-state index in [4.69, 9.17) is 0 Å². The molecule has 0 spiro atoms. The molecule has 3 heteroatoms. The number of aromatic nitrogens is 1. The highest BCUT2D eigenvalue weighted by Crippen LogP contribution is 2.26. The molecule has 0 saturated carbocycles. The van der Waals surface area contributed by atoms with Crippen molar-refractivity contribution in [2.45, 2.75) is 13.8 Å². The largest absolute Gasteiger partial charge is 0.382 e. The van der Waals surface area contributed by atoms with Gasteiger partial charge in [-0.3, -0.25) is 0 Å². The number of aromatic amines is 1. The number of rotatable bonds is 5. The second-order valence-corrected chi connectivity index (χ2v) is 3.95. The number of nitrogens with one attached hydrogen (secondary N) is 3. The highest BCUT2D eigenvalue weighted by Gasteiger charge is 2.05. The molecule has 0 radical (unpaired) electrons. The molecule has 16 heavy (non-hydrogen) atoms. The lowest BCUT2D eigenvalue weighted by Crippen LogP contribution is -2.21. The standard InChI is InChI=1S/C13H19N3/c1-3-14-8-9-15-13-10(2)16-12-7-5-4-6-11(12)13/h4-7,14-16H,3,8-9H2,1-2H3. The first-order valence-electron chi connectivity index (χ1n) is 5.85. The van der Waals surface area contributed by atoms with Crippen LogP contribution in [0.2, 0.25) is 0 Å². The predicted molar refractivity (Wildman–Crippen MR) is 70.1 cm³/mol. The second-order valence-electron chi connectivity index (χ2n) is 3.95. The van der Waals surface area contributed by atoms with Crippen molar-refractivity contribution in [2.75, 3.05) is 25.0 Å². The van der Waals surface area contributed by atoms with Crippen LogP contribution in [0.1, 0.15) is 12.6 Å². The summed E-state index contributed by atoms with van der Waals surface area (Å²) in [6, 6.07) is 8.39. The summed E-state index contributed by atoms with van der Waals surface area (Å²) < 4.78 is 0. The molecular formula is C13H19N3. The van der Waals surface area contributed by atoms with Gasteiger partial charge in [0.2, 0.25) is 0 Å². The molecule has 1 aromatic carbocycles. The summed E-state index contributed by atoms with van der Waals surface area (Å²) in [7, 11) is 0. The maximum atomic E-state index is 3.48. The fraction of sp³-hybridized carbons (Fsp3) is 0.385. The van der Waals surface area contributed by atoms with Gasteiger partial charge < -0.3 is 15.6 Å². The van der Waals surface area contributed by atoms with E-state index in [0.717, 1.165) is 19.6 Å². The van der Waals surface area contributed by atoms with Crippen molar-refractivity contribution in [1.82, 2.24) is 10.3 Å². The third kappa shape index (κ3) is 2.19. The molecule has 1 heterocycles. The van der Waals surface area contributed by atoms with Gasteiger partial charge >= 0.3 is 0 Å². The first kappa shape index (κ1) is 11.0. The number of hydrogen-bond acceptors (Lipinski definition) is 2. The minimum Gasteiger partial charge on any atom is -0.382 e. The molecule has 0 atom stereocenters. The van der Waals surface area contributed by atoms with Crippen molar-refractivity contribution in [2.24, 2.45) is 0 Å². The lowest BCUT2D eigenvalue weighted by molar-refractivity contribution is 0.739. The van der Waals surface area contributed by atoms with Crippen molar-refractivity contribution in [3.63, 3.8) is 0 Å². The van der Waals surface area contributed by atoms with Gasteiger partial charge in [0, 0.05) is 29.7 Å². The number of benzene rings is 1. The summed E-state index contributed by atoms with van der Waals surface area (Å²) in [6.45, 7) is 7.20. The van der Waals surface area contributed by atoms with Crippen molar-refractivity contribution in [3.8, 4) is 0 Å². The van der Waals surface area contributed by atoms with E-state index in [9.17, 15) is 0 Å². The van der Waals surface area contributed by atoms with Crippen molar-refractivity contribution in [3.05, 3.63) is 30.0 Å². The quantitative estimate of drug-likeness (QED) is 0.673. The van der Waals surface area contributed by atoms with Crippen molar-refractivity contribution < 1.29 is 0 Å². The van der Waals surface area contributed by atoms with Crippen molar-refractivity contribution in [1.29, 1.82) is 0 Å². The highest BCUT2D eigenvalue weighted by atomic mass is 15.0. The summed E-state index contributed by atoms with van der Waals surface area (Å²) in [5, 5.41) is 8.06. The topological polar surface area (TPSA) is 39.8 Å². The number of para-hydroxylation sites is 1. The Morgan fingerprint density at radius 2 is 2.00 bits per heavy atom. The van der Waals surface area contributed by atoms with E-state index in [1.54, 1.807) is 0 Å².